The molecule has 2 heteroatoms. The normalized spacial score (nSPS) is 9.00. The zero-order valence-corrected chi connectivity index (χ0v) is 7.76. The lowest BCUT2D eigenvalue weighted by atomic mass is 10.4. The first-order valence-electron chi connectivity index (χ1n) is 3.40. The van der Waals surface area contributed by atoms with Gasteiger partial charge in [0.25, 0.3) is 0 Å². The van der Waals surface area contributed by atoms with Gasteiger partial charge in [-0.05, 0) is 12.1 Å². The summed E-state index contributed by atoms with van der Waals surface area (Å²) < 4.78 is 2.86. The zero-order valence-electron chi connectivity index (χ0n) is 6.13. The van der Waals surface area contributed by atoms with Crippen molar-refractivity contribution in [2.45, 2.75) is 13.8 Å². The molecule has 0 saturated heterocycles. The van der Waals surface area contributed by atoms with Crippen LogP contribution in [0.15, 0.2) is 24.3 Å². The van der Waals surface area contributed by atoms with Crippen LogP contribution in [0.5, 0.6) is 0 Å². The fourth-order valence-electron chi connectivity index (χ4n) is 0.644. The summed E-state index contributed by atoms with van der Waals surface area (Å²) in [5, 5.41) is 0. The predicted octanol–water partition coefficient (Wildman–Crippen LogP) is 3.99. The van der Waals surface area contributed by atoms with Gasteiger partial charge in [0.2, 0.25) is 0 Å². The highest BCUT2D eigenvalue weighted by molar-refractivity contribution is 7.78. The molecule has 0 aliphatic heterocycles. The van der Waals surface area contributed by atoms with E-state index in [-0.39, 0.29) is 0 Å². The average Bonchev–Trinajstić information content (AvgIpc) is 1.96. The Bertz CT molecular complexity index is 250. The molecule has 0 bridgehead atoms. The van der Waals surface area contributed by atoms with Gasteiger partial charge in [0.05, 0.1) is 9.40 Å². The Balaban J connectivity index is 0.000000231. The van der Waals surface area contributed by atoms with Crippen LogP contribution in [0.4, 0.5) is 0 Å². The highest BCUT2D eigenvalue weighted by Crippen LogP contribution is 2.30. The van der Waals surface area contributed by atoms with E-state index in [0.717, 1.165) is 0 Å². The van der Waals surface area contributed by atoms with Gasteiger partial charge in [-0.3, -0.25) is 0 Å². The fourth-order valence-corrected chi connectivity index (χ4v) is 2.48. The van der Waals surface area contributed by atoms with Crippen LogP contribution in [0.3, 0.4) is 0 Å². The molecule has 1 aromatic heterocycles. The molecule has 0 saturated carbocycles. The van der Waals surface area contributed by atoms with Gasteiger partial charge in [-0.2, -0.15) is 0 Å². The molecule has 0 atom stereocenters. The van der Waals surface area contributed by atoms with Crippen molar-refractivity contribution in [3.05, 3.63) is 24.3 Å². The van der Waals surface area contributed by atoms with Crippen molar-refractivity contribution in [1.29, 1.82) is 0 Å². The Labute approximate surface area is 68.5 Å². The van der Waals surface area contributed by atoms with Gasteiger partial charge >= 0.3 is 0 Å². The van der Waals surface area contributed by atoms with Crippen molar-refractivity contribution in [3.8, 4) is 0 Å². The molecule has 0 amide bonds. The van der Waals surface area contributed by atoms with Crippen molar-refractivity contribution in [1.82, 2.24) is 0 Å². The van der Waals surface area contributed by atoms with E-state index in [1.54, 1.807) is 0 Å². The lowest BCUT2D eigenvalue weighted by Gasteiger charge is -1.93. The average molecular weight is 170 g/mol. The van der Waals surface area contributed by atoms with Crippen LogP contribution in [0.2, 0.25) is 0 Å². The second-order valence-corrected chi connectivity index (χ2v) is 3.83. The molecule has 10 heavy (non-hydrogen) atoms. The highest BCUT2D eigenvalue weighted by atomic mass is 32.9. The van der Waals surface area contributed by atoms with Crippen molar-refractivity contribution >= 4 is 30.1 Å². The van der Waals surface area contributed by atoms with Crippen molar-refractivity contribution < 1.29 is 0 Å². The predicted molar refractivity (Wildman–Crippen MR) is 51.1 cm³/mol. The smallest absolute Gasteiger partial charge is 0.0557 e. The maximum absolute atomic E-state index is 2.15. The second kappa shape index (κ2) is 3.74. The van der Waals surface area contributed by atoms with Gasteiger partial charge in [-0.15, -0.1) is 0 Å². The molecule has 0 spiro atoms. The Hall–Kier alpha value is -0.340. The third-order valence-electron chi connectivity index (χ3n) is 1.07. The first kappa shape index (κ1) is 7.76. The molecule has 0 aliphatic rings. The minimum absolute atomic E-state index is 1.43. The van der Waals surface area contributed by atoms with E-state index in [4.69, 9.17) is 0 Å². The summed E-state index contributed by atoms with van der Waals surface area (Å²) in [7, 11) is 3.70. The van der Waals surface area contributed by atoms with Gasteiger partial charge < -0.3 is 0 Å². The summed E-state index contributed by atoms with van der Waals surface area (Å²) in [6.07, 6.45) is 0. The molecule has 1 aromatic carbocycles. The Morgan fingerprint density at radius 1 is 0.900 bits per heavy atom. The van der Waals surface area contributed by atoms with Crippen LogP contribution in [-0.2, 0) is 0 Å². The molecule has 54 valence electrons. The molecule has 0 aliphatic carbocycles. The summed E-state index contributed by atoms with van der Waals surface area (Å²) in [6.45, 7) is 4.00. The van der Waals surface area contributed by atoms with E-state index in [9.17, 15) is 0 Å². The maximum Gasteiger partial charge on any atom is 0.0557 e. The summed E-state index contributed by atoms with van der Waals surface area (Å²) in [4.78, 5) is 0. The van der Waals surface area contributed by atoms with E-state index in [1.165, 1.54) is 9.40 Å². The van der Waals surface area contributed by atoms with E-state index in [2.05, 4.69) is 24.3 Å². The number of fused-ring (bicyclic) bond motifs is 1. The molecule has 2 aromatic rings. The van der Waals surface area contributed by atoms with Gasteiger partial charge in [0.15, 0.2) is 0 Å². The Morgan fingerprint density at radius 2 is 1.30 bits per heavy atom. The summed E-state index contributed by atoms with van der Waals surface area (Å²) in [6, 6.07) is 8.45. The van der Waals surface area contributed by atoms with E-state index < -0.39 is 0 Å². The van der Waals surface area contributed by atoms with Gasteiger partial charge in [0.1, 0.15) is 0 Å². The third-order valence-corrected chi connectivity index (χ3v) is 3.68. The van der Waals surface area contributed by atoms with E-state index >= 15 is 0 Å². The molecule has 1 heterocycles. The first-order chi connectivity index (χ1) is 4.97. The quantitative estimate of drug-likeness (QED) is 0.524. The lowest BCUT2D eigenvalue weighted by molar-refractivity contribution is 1.50. The molecule has 0 nitrogen and oxygen atoms in total. The van der Waals surface area contributed by atoms with Crippen molar-refractivity contribution in [2.24, 2.45) is 0 Å². The summed E-state index contributed by atoms with van der Waals surface area (Å²) in [5.74, 6) is 0. The number of rotatable bonds is 0. The van der Waals surface area contributed by atoms with Gasteiger partial charge in [-0.1, -0.05) is 46.7 Å². The maximum atomic E-state index is 2.15. The molecule has 0 radical (unpaired) electrons. The van der Waals surface area contributed by atoms with Crippen LogP contribution >= 0.6 is 20.7 Å². The van der Waals surface area contributed by atoms with Crippen LogP contribution in [0, 0.1) is 0 Å². The molecular weight excluding hydrogens is 160 g/mol. The minimum atomic E-state index is 1.43. The molecule has 2 rings (SSSR count). The highest BCUT2D eigenvalue weighted by Gasteiger charge is 1.92. The summed E-state index contributed by atoms with van der Waals surface area (Å²) >= 11 is 0. The second-order valence-electron chi connectivity index (χ2n) is 1.61. The standard InChI is InChI=1S/C6H4S2.C2H6/c1-2-4-6-5(3-1)7-8-6;1-2/h1-4H;1-2H3. The topological polar surface area (TPSA) is 0 Å². The summed E-state index contributed by atoms with van der Waals surface area (Å²) in [5.41, 5.74) is 0. The molecule has 0 unspecified atom stereocenters. The van der Waals surface area contributed by atoms with E-state index in [1.807, 2.05) is 34.5 Å². The Morgan fingerprint density at radius 3 is 1.50 bits per heavy atom. The number of hydrogen-bond donors (Lipinski definition) is 0. The van der Waals surface area contributed by atoms with Crippen molar-refractivity contribution in [3.63, 3.8) is 0 Å². The van der Waals surface area contributed by atoms with Crippen LogP contribution < -0.4 is 0 Å². The Kier molecular flexibility index (Phi) is 2.90. The van der Waals surface area contributed by atoms with Crippen molar-refractivity contribution in [2.75, 3.05) is 0 Å². The minimum Gasteiger partial charge on any atom is -0.0785 e. The molecule has 0 N–H and O–H groups in total. The monoisotopic (exact) mass is 170 g/mol. The van der Waals surface area contributed by atoms with E-state index in [0.29, 0.717) is 0 Å². The lowest BCUT2D eigenvalue weighted by Crippen LogP contribution is -1.61. The zero-order chi connectivity index (χ0) is 7.40. The SMILES string of the molecule is CC.c1ccc2ssc2c1. The third kappa shape index (κ3) is 1.39. The van der Waals surface area contributed by atoms with Crippen LogP contribution in [-0.4, -0.2) is 0 Å². The first-order valence-corrected chi connectivity index (χ1v) is 5.55. The van der Waals surface area contributed by atoms with Crippen LogP contribution in [0.25, 0.3) is 9.40 Å². The number of hydrogen-bond acceptors (Lipinski definition) is 2. The number of benzene rings is 1. The van der Waals surface area contributed by atoms with Crippen LogP contribution in [0.1, 0.15) is 13.8 Å². The fraction of sp³-hybridized carbons (Fsp3) is 0.250. The van der Waals surface area contributed by atoms with Gasteiger partial charge in [-0.25, -0.2) is 0 Å². The molecular formula is C8H10S2. The van der Waals surface area contributed by atoms with Gasteiger partial charge in [0, 0.05) is 0 Å². The molecule has 0 fully saturated rings. The largest absolute Gasteiger partial charge is 0.0785 e.